The predicted molar refractivity (Wildman–Crippen MR) is 126 cm³/mol. The number of aromatic nitrogens is 3. The number of benzene rings is 1. The zero-order chi connectivity index (χ0) is 23.3. The maximum absolute atomic E-state index is 14.3. The standard InChI is InChI=1S/C25H31FN6O/c1-15-10-19(17(3)20(26)11-15)25(33)31-8-5-4-6-22(31)21-12-23-28-24(16(2)13-32(23)29-21)30-9-7-18(27)14-30/h10-13,18,22H,4-9,14,27H2,1-3H3/t18-,22-/m0/s1. The molecule has 0 spiro atoms. The normalized spacial score (nSPS) is 21.2. The minimum absolute atomic E-state index is 0.132. The number of likely N-dealkylation sites (tertiary alicyclic amines) is 1. The van der Waals surface area contributed by atoms with Gasteiger partial charge in [0.15, 0.2) is 5.65 Å². The van der Waals surface area contributed by atoms with Crippen LogP contribution in [0.2, 0.25) is 0 Å². The van der Waals surface area contributed by atoms with Gasteiger partial charge in [0.1, 0.15) is 11.6 Å². The first-order valence-electron chi connectivity index (χ1n) is 11.8. The lowest BCUT2D eigenvalue weighted by Gasteiger charge is -2.35. The number of hydrogen-bond donors (Lipinski definition) is 1. The van der Waals surface area contributed by atoms with Crippen LogP contribution in [-0.4, -0.2) is 51.1 Å². The van der Waals surface area contributed by atoms with Gasteiger partial charge in [-0.05, 0) is 69.7 Å². The second-order valence-corrected chi connectivity index (χ2v) is 9.54. The third kappa shape index (κ3) is 3.97. The summed E-state index contributed by atoms with van der Waals surface area (Å²) in [4.78, 5) is 22.5. The number of amides is 1. The van der Waals surface area contributed by atoms with Crippen LogP contribution in [0.5, 0.6) is 0 Å². The van der Waals surface area contributed by atoms with E-state index >= 15 is 0 Å². The van der Waals surface area contributed by atoms with Crippen molar-refractivity contribution in [2.24, 2.45) is 5.73 Å². The monoisotopic (exact) mass is 450 g/mol. The maximum atomic E-state index is 14.3. The van der Waals surface area contributed by atoms with E-state index in [9.17, 15) is 9.18 Å². The highest BCUT2D eigenvalue weighted by Gasteiger charge is 2.32. The highest BCUT2D eigenvalue weighted by molar-refractivity contribution is 5.96. The second-order valence-electron chi connectivity index (χ2n) is 9.54. The van der Waals surface area contributed by atoms with E-state index in [-0.39, 0.29) is 23.8 Å². The van der Waals surface area contributed by atoms with Crippen molar-refractivity contribution >= 4 is 17.4 Å². The Kier molecular flexibility index (Phi) is 5.56. The molecule has 2 aromatic heterocycles. The Hall–Kier alpha value is -3.00. The van der Waals surface area contributed by atoms with Crippen LogP contribution in [0.25, 0.3) is 5.65 Å². The molecular weight excluding hydrogens is 419 g/mol. The molecule has 0 radical (unpaired) electrons. The maximum Gasteiger partial charge on any atom is 0.254 e. The summed E-state index contributed by atoms with van der Waals surface area (Å²) in [5.41, 5.74) is 10.3. The summed E-state index contributed by atoms with van der Waals surface area (Å²) in [6.07, 6.45) is 5.75. The Bertz CT molecular complexity index is 1220. The second kappa shape index (κ2) is 8.41. The van der Waals surface area contributed by atoms with Gasteiger partial charge < -0.3 is 15.5 Å². The number of carbonyl (C=O) groups excluding carboxylic acids is 1. The first-order valence-corrected chi connectivity index (χ1v) is 11.8. The average Bonchev–Trinajstić information content (AvgIpc) is 3.40. The van der Waals surface area contributed by atoms with Crippen LogP contribution in [0.3, 0.4) is 0 Å². The summed E-state index contributed by atoms with van der Waals surface area (Å²) in [6, 6.07) is 5.27. The summed E-state index contributed by atoms with van der Waals surface area (Å²) >= 11 is 0. The summed E-state index contributed by atoms with van der Waals surface area (Å²) in [6.45, 7) is 7.87. The summed E-state index contributed by atoms with van der Waals surface area (Å²) in [7, 11) is 0. The van der Waals surface area contributed by atoms with Gasteiger partial charge in [0, 0.05) is 49.1 Å². The summed E-state index contributed by atoms with van der Waals surface area (Å²) in [5.74, 6) is 0.477. The Morgan fingerprint density at radius 3 is 2.70 bits per heavy atom. The minimum Gasteiger partial charge on any atom is -0.355 e. The van der Waals surface area contributed by atoms with Crippen LogP contribution in [0.4, 0.5) is 10.2 Å². The molecule has 1 amide bonds. The van der Waals surface area contributed by atoms with E-state index in [0.29, 0.717) is 17.7 Å². The quantitative estimate of drug-likeness (QED) is 0.658. The van der Waals surface area contributed by atoms with Crippen molar-refractivity contribution in [3.63, 3.8) is 0 Å². The van der Waals surface area contributed by atoms with E-state index in [2.05, 4.69) is 4.90 Å². The molecule has 2 atom stereocenters. The van der Waals surface area contributed by atoms with Gasteiger partial charge >= 0.3 is 0 Å². The van der Waals surface area contributed by atoms with Crippen LogP contribution in [0.15, 0.2) is 24.4 Å². The molecule has 33 heavy (non-hydrogen) atoms. The lowest BCUT2D eigenvalue weighted by Crippen LogP contribution is -2.39. The zero-order valence-electron chi connectivity index (χ0n) is 19.5. The first kappa shape index (κ1) is 21.8. The molecule has 174 valence electrons. The number of anilines is 1. The fourth-order valence-corrected chi connectivity index (χ4v) is 5.16. The van der Waals surface area contributed by atoms with Gasteiger partial charge in [-0.1, -0.05) is 0 Å². The van der Waals surface area contributed by atoms with Crippen LogP contribution in [0.1, 0.15) is 64.5 Å². The summed E-state index contributed by atoms with van der Waals surface area (Å²) < 4.78 is 16.2. The topological polar surface area (TPSA) is 79.8 Å². The van der Waals surface area contributed by atoms with Gasteiger partial charge in [0.2, 0.25) is 0 Å². The molecule has 5 rings (SSSR count). The fourth-order valence-electron chi connectivity index (χ4n) is 5.16. The third-order valence-electron chi connectivity index (χ3n) is 6.97. The van der Waals surface area contributed by atoms with E-state index in [1.165, 1.54) is 6.07 Å². The van der Waals surface area contributed by atoms with Crippen LogP contribution in [-0.2, 0) is 0 Å². The lowest BCUT2D eigenvalue weighted by molar-refractivity contribution is 0.0604. The molecule has 2 fully saturated rings. The minimum atomic E-state index is -0.339. The molecule has 1 aromatic carbocycles. The van der Waals surface area contributed by atoms with Crippen molar-refractivity contribution in [1.82, 2.24) is 19.5 Å². The van der Waals surface area contributed by atoms with Crippen molar-refractivity contribution in [3.05, 3.63) is 58.2 Å². The number of halogens is 1. The van der Waals surface area contributed by atoms with Crippen molar-refractivity contribution in [2.45, 2.75) is 58.5 Å². The van der Waals surface area contributed by atoms with Crippen molar-refractivity contribution < 1.29 is 9.18 Å². The van der Waals surface area contributed by atoms with E-state index in [4.69, 9.17) is 15.8 Å². The van der Waals surface area contributed by atoms with E-state index in [1.807, 2.05) is 31.0 Å². The number of nitrogens with zero attached hydrogens (tertiary/aromatic N) is 5. The molecule has 2 N–H and O–H groups in total. The first-order chi connectivity index (χ1) is 15.8. The number of fused-ring (bicyclic) bond motifs is 1. The molecule has 0 bridgehead atoms. The van der Waals surface area contributed by atoms with Crippen molar-refractivity contribution in [1.29, 1.82) is 0 Å². The number of aryl methyl sites for hydroxylation is 2. The molecule has 3 aromatic rings. The highest BCUT2D eigenvalue weighted by atomic mass is 19.1. The molecule has 0 aliphatic carbocycles. The van der Waals surface area contributed by atoms with E-state index in [1.54, 1.807) is 17.5 Å². The number of piperidine rings is 1. The van der Waals surface area contributed by atoms with Gasteiger partial charge in [-0.3, -0.25) is 4.79 Å². The Labute approximate surface area is 193 Å². The van der Waals surface area contributed by atoms with Crippen LogP contribution >= 0.6 is 0 Å². The predicted octanol–water partition coefficient (Wildman–Crippen LogP) is 3.70. The number of carbonyl (C=O) groups is 1. The van der Waals surface area contributed by atoms with Crippen LogP contribution < -0.4 is 10.6 Å². The fraction of sp³-hybridized carbons (Fsp3) is 0.480. The van der Waals surface area contributed by atoms with E-state index in [0.717, 1.165) is 67.1 Å². The molecule has 4 heterocycles. The van der Waals surface area contributed by atoms with Gasteiger partial charge in [-0.2, -0.15) is 5.10 Å². The lowest BCUT2D eigenvalue weighted by atomic mass is 9.96. The zero-order valence-corrected chi connectivity index (χ0v) is 19.5. The van der Waals surface area contributed by atoms with Gasteiger partial charge in [0.05, 0.1) is 11.7 Å². The van der Waals surface area contributed by atoms with Gasteiger partial charge in [0.25, 0.3) is 5.91 Å². The largest absolute Gasteiger partial charge is 0.355 e. The molecule has 2 saturated heterocycles. The molecule has 2 aliphatic rings. The molecular formula is C25H31FN6O. The summed E-state index contributed by atoms with van der Waals surface area (Å²) in [5, 5.41) is 4.81. The van der Waals surface area contributed by atoms with Crippen LogP contribution in [0, 0.1) is 26.6 Å². The van der Waals surface area contributed by atoms with Crippen molar-refractivity contribution in [3.8, 4) is 0 Å². The Morgan fingerprint density at radius 2 is 1.94 bits per heavy atom. The molecule has 0 unspecified atom stereocenters. The number of nitrogens with two attached hydrogens (primary N) is 1. The SMILES string of the molecule is Cc1cc(F)c(C)c(C(=O)N2CCCC[C@H]2c2cc3nc(N4CC[C@H](N)C4)c(C)cn3n2)c1. The van der Waals surface area contributed by atoms with Crippen molar-refractivity contribution in [2.75, 3.05) is 24.5 Å². The number of rotatable bonds is 3. The smallest absolute Gasteiger partial charge is 0.254 e. The third-order valence-corrected chi connectivity index (χ3v) is 6.97. The van der Waals surface area contributed by atoms with Gasteiger partial charge in [-0.25, -0.2) is 13.9 Å². The van der Waals surface area contributed by atoms with E-state index < -0.39 is 0 Å². The average molecular weight is 451 g/mol. The van der Waals surface area contributed by atoms with Gasteiger partial charge in [-0.15, -0.1) is 0 Å². The Morgan fingerprint density at radius 1 is 1.12 bits per heavy atom. The molecule has 2 aliphatic heterocycles. The number of hydrogen-bond acceptors (Lipinski definition) is 5. The molecule has 0 saturated carbocycles. The molecule has 8 heteroatoms. The molecule has 7 nitrogen and oxygen atoms in total. The Balaban J connectivity index is 1.49. The highest BCUT2D eigenvalue weighted by Crippen LogP contribution is 2.33.